The molecule has 0 bridgehead atoms. The third-order valence-electron chi connectivity index (χ3n) is 2.02. The molecule has 0 saturated carbocycles. The van der Waals surface area contributed by atoms with Crippen molar-refractivity contribution in [2.45, 2.75) is 13.3 Å². The van der Waals surface area contributed by atoms with Gasteiger partial charge in [-0.05, 0) is 23.5 Å². The van der Waals surface area contributed by atoms with E-state index < -0.39 is 0 Å². The Balaban J connectivity index is 2.33. The molecule has 0 N–H and O–H groups in total. The lowest BCUT2D eigenvalue weighted by Crippen LogP contribution is -1.81. The number of benzene rings is 1. The van der Waals surface area contributed by atoms with Gasteiger partial charge in [0.05, 0.1) is 0 Å². The van der Waals surface area contributed by atoms with Gasteiger partial charge in [0.25, 0.3) is 0 Å². The number of hydrogen-bond donors (Lipinski definition) is 0. The summed E-state index contributed by atoms with van der Waals surface area (Å²) in [6.07, 6.45) is 1.08. The Bertz CT molecular complexity index is 364. The maximum atomic E-state index is 4.01. The van der Waals surface area contributed by atoms with Gasteiger partial charge >= 0.3 is 0 Å². The van der Waals surface area contributed by atoms with E-state index in [-0.39, 0.29) is 0 Å². The van der Waals surface area contributed by atoms with Gasteiger partial charge in [0.2, 0.25) is 0 Å². The first-order valence-electron chi connectivity index (χ1n) is 4.26. The maximum absolute atomic E-state index is 4.01. The van der Waals surface area contributed by atoms with Gasteiger partial charge in [-0.25, -0.2) is 0 Å². The smallest absolute Gasteiger partial charge is 0.105 e. The first-order valence-corrected chi connectivity index (χ1v) is 5.10. The molecule has 1 aromatic heterocycles. The van der Waals surface area contributed by atoms with E-state index in [2.05, 4.69) is 40.8 Å². The van der Waals surface area contributed by atoms with E-state index >= 15 is 0 Å². The Hall–Kier alpha value is -1.22. The van der Waals surface area contributed by atoms with Crippen molar-refractivity contribution < 1.29 is 0 Å². The minimum Gasteiger partial charge on any atom is -0.138 e. The van der Waals surface area contributed by atoms with E-state index in [4.69, 9.17) is 0 Å². The van der Waals surface area contributed by atoms with Crippen LogP contribution in [0.15, 0.2) is 29.6 Å². The van der Waals surface area contributed by atoms with Crippen LogP contribution >= 0.6 is 11.5 Å². The zero-order chi connectivity index (χ0) is 9.10. The fourth-order valence-electron chi connectivity index (χ4n) is 1.20. The standard InChI is InChI=1S/C10H10N2S/c1-2-8-3-5-9(6-4-8)10-7-13-12-11-10/h3-7H,2H2,1H3. The van der Waals surface area contributed by atoms with Crippen molar-refractivity contribution in [3.63, 3.8) is 0 Å². The average Bonchev–Trinajstić information content (AvgIpc) is 2.71. The minimum absolute atomic E-state index is 0.965. The molecular formula is C10H10N2S. The Kier molecular flexibility index (Phi) is 2.36. The van der Waals surface area contributed by atoms with Crippen LogP contribution < -0.4 is 0 Å². The largest absolute Gasteiger partial charge is 0.138 e. The SMILES string of the molecule is CCc1ccc(-c2csnn2)cc1. The third kappa shape index (κ3) is 1.75. The molecule has 1 aromatic carbocycles. The second-order valence-electron chi connectivity index (χ2n) is 2.84. The normalized spacial score (nSPS) is 10.2. The van der Waals surface area contributed by atoms with Crippen molar-refractivity contribution >= 4 is 11.5 Å². The van der Waals surface area contributed by atoms with Gasteiger partial charge in [0.15, 0.2) is 0 Å². The molecule has 2 aromatic rings. The molecule has 0 unspecified atom stereocenters. The van der Waals surface area contributed by atoms with Crippen molar-refractivity contribution in [3.05, 3.63) is 35.2 Å². The molecule has 0 fully saturated rings. The molecule has 2 nitrogen and oxygen atoms in total. The number of aryl methyl sites for hydroxylation is 1. The number of nitrogens with zero attached hydrogens (tertiary/aromatic N) is 2. The highest BCUT2D eigenvalue weighted by atomic mass is 32.1. The Morgan fingerprint density at radius 3 is 2.54 bits per heavy atom. The summed E-state index contributed by atoms with van der Waals surface area (Å²) in [6, 6.07) is 8.45. The molecule has 0 spiro atoms. The average molecular weight is 190 g/mol. The predicted octanol–water partition coefficient (Wildman–Crippen LogP) is 2.77. The molecule has 0 amide bonds. The van der Waals surface area contributed by atoms with Gasteiger partial charge in [-0.15, -0.1) is 5.10 Å². The lowest BCUT2D eigenvalue weighted by atomic mass is 10.1. The van der Waals surface area contributed by atoms with Crippen LogP contribution in [0.25, 0.3) is 11.3 Å². The minimum atomic E-state index is 0.965. The Labute approximate surface area is 81.4 Å². The zero-order valence-corrected chi connectivity index (χ0v) is 8.21. The molecular weight excluding hydrogens is 180 g/mol. The van der Waals surface area contributed by atoms with E-state index in [0.29, 0.717) is 0 Å². The van der Waals surface area contributed by atoms with Crippen LogP contribution in [-0.4, -0.2) is 9.59 Å². The maximum Gasteiger partial charge on any atom is 0.105 e. The van der Waals surface area contributed by atoms with Crippen LogP contribution in [0.4, 0.5) is 0 Å². The van der Waals surface area contributed by atoms with E-state index in [1.165, 1.54) is 17.1 Å². The fraction of sp³-hybridized carbons (Fsp3) is 0.200. The van der Waals surface area contributed by atoms with Crippen molar-refractivity contribution in [1.82, 2.24) is 9.59 Å². The summed E-state index contributed by atoms with van der Waals surface area (Å²) >= 11 is 1.38. The molecule has 2 rings (SSSR count). The fourth-order valence-corrected chi connectivity index (χ4v) is 1.67. The lowest BCUT2D eigenvalue weighted by Gasteiger charge is -1.97. The summed E-state index contributed by atoms with van der Waals surface area (Å²) < 4.78 is 3.83. The molecule has 13 heavy (non-hydrogen) atoms. The first kappa shape index (κ1) is 8.38. The molecule has 0 aliphatic rings. The highest BCUT2D eigenvalue weighted by molar-refractivity contribution is 7.03. The van der Waals surface area contributed by atoms with Crippen LogP contribution in [0, 0.1) is 0 Å². The van der Waals surface area contributed by atoms with Gasteiger partial charge < -0.3 is 0 Å². The second-order valence-corrected chi connectivity index (χ2v) is 3.45. The Morgan fingerprint density at radius 2 is 2.00 bits per heavy atom. The van der Waals surface area contributed by atoms with Crippen LogP contribution in [0.3, 0.4) is 0 Å². The second kappa shape index (κ2) is 3.66. The van der Waals surface area contributed by atoms with Gasteiger partial charge in [-0.1, -0.05) is 35.7 Å². The summed E-state index contributed by atoms with van der Waals surface area (Å²) in [4.78, 5) is 0. The molecule has 0 atom stereocenters. The highest BCUT2D eigenvalue weighted by Crippen LogP contribution is 2.17. The zero-order valence-electron chi connectivity index (χ0n) is 7.40. The summed E-state index contributed by atoms with van der Waals surface area (Å²) in [5.74, 6) is 0. The molecule has 66 valence electrons. The van der Waals surface area contributed by atoms with E-state index in [1.54, 1.807) is 0 Å². The third-order valence-corrected chi connectivity index (χ3v) is 2.52. The molecule has 0 saturated heterocycles. The lowest BCUT2D eigenvalue weighted by molar-refractivity contribution is 1.13. The number of hydrogen-bond acceptors (Lipinski definition) is 3. The van der Waals surface area contributed by atoms with Gasteiger partial charge in [-0.3, -0.25) is 0 Å². The van der Waals surface area contributed by atoms with Crippen molar-refractivity contribution in [1.29, 1.82) is 0 Å². The Morgan fingerprint density at radius 1 is 1.23 bits per heavy atom. The molecule has 0 radical (unpaired) electrons. The van der Waals surface area contributed by atoms with Gasteiger partial charge in [0, 0.05) is 10.9 Å². The number of rotatable bonds is 2. The van der Waals surface area contributed by atoms with Crippen molar-refractivity contribution in [3.8, 4) is 11.3 Å². The van der Waals surface area contributed by atoms with Crippen LogP contribution in [0.2, 0.25) is 0 Å². The van der Waals surface area contributed by atoms with E-state index in [0.717, 1.165) is 17.7 Å². The van der Waals surface area contributed by atoms with Crippen molar-refractivity contribution in [2.24, 2.45) is 0 Å². The van der Waals surface area contributed by atoms with Crippen LogP contribution in [0.1, 0.15) is 12.5 Å². The van der Waals surface area contributed by atoms with Crippen LogP contribution in [0.5, 0.6) is 0 Å². The monoisotopic (exact) mass is 190 g/mol. The predicted molar refractivity (Wildman–Crippen MR) is 54.7 cm³/mol. The molecule has 1 heterocycles. The molecule has 3 heteroatoms. The van der Waals surface area contributed by atoms with Gasteiger partial charge in [0.1, 0.15) is 5.69 Å². The highest BCUT2D eigenvalue weighted by Gasteiger charge is 1.99. The topological polar surface area (TPSA) is 25.8 Å². The van der Waals surface area contributed by atoms with E-state index in [1.807, 2.05) is 5.38 Å². The number of aromatic nitrogens is 2. The van der Waals surface area contributed by atoms with Gasteiger partial charge in [-0.2, -0.15) is 0 Å². The molecule has 0 aliphatic heterocycles. The summed E-state index contributed by atoms with van der Waals surface area (Å²) in [5, 5.41) is 5.97. The summed E-state index contributed by atoms with van der Waals surface area (Å²) in [6.45, 7) is 2.15. The first-order chi connectivity index (χ1) is 6.40. The van der Waals surface area contributed by atoms with Crippen molar-refractivity contribution in [2.75, 3.05) is 0 Å². The van der Waals surface area contributed by atoms with Crippen LogP contribution in [-0.2, 0) is 6.42 Å². The summed E-state index contributed by atoms with van der Waals surface area (Å²) in [5.41, 5.74) is 3.46. The van der Waals surface area contributed by atoms with E-state index in [9.17, 15) is 0 Å². The molecule has 0 aliphatic carbocycles. The quantitative estimate of drug-likeness (QED) is 0.727. The summed E-state index contributed by atoms with van der Waals surface area (Å²) in [7, 11) is 0.